The lowest BCUT2D eigenvalue weighted by Crippen LogP contribution is -2.14. The van der Waals surface area contributed by atoms with E-state index in [9.17, 15) is 14.9 Å². The van der Waals surface area contributed by atoms with E-state index in [2.05, 4.69) is 6.58 Å². The molecule has 1 aromatic rings. The van der Waals surface area contributed by atoms with Gasteiger partial charge in [0.15, 0.2) is 5.75 Å². The van der Waals surface area contributed by atoms with E-state index in [1.165, 1.54) is 6.07 Å². The Kier molecular flexibility index (Phi) is 5.05. The number of nitro groups is 1. The summed E-state index contributed by atoms with van der Waals surface area (Å²) in [5, 5.41) is 10.9. The van der Waals surface area contributed by atoms with Gasteiger partial charge in [-0.25, -0.2) is 4.79 Å². The summed E-state index contributed by atoms with van der Waals surface area (Å²) in [5.41, 5.74) is 0.585. The highest BCUT2D eigenvalue weighted by Gasteiger charge is 2.18. The summed E-state index contributed by atoms with van der Waals surface area (Å²) < 4.78 is 10.1. The van der Waals surface area contributed by atoms with Gasteiger partial charge in [-0.3, -0.25) is 10.1 Å². The van der Waals surface area contributed by atoms with E-state index in [-0.39, 0.29) is 30.2 Å². The fourth-order valence-corrected chi connectivity index (χ4v) is 1.42. The Morgan fingerprint density at radius 3 is 2.74 bits per heavy atom. The van der Waals surface area contributed by atoms with Crippen molar-refractivity contribution in [3.05, 3.63) is 46.0 Å². The van der Waals surface area contributed by atoms with Crippen molar-refractivity contribution in [2.45, 2.75) is 13.8 Å². The predicted octanol–water partition coefficient (Wildman–Crippen LogP) is 2.40. The Morgan fingerprint density at radius 1 is 1.47 bits per heavy atom. The third kappa shape index (κ3) is 3.80. The molecule has 0 radical (unpaired) electrons. The van der Waals surface area contributed by atoms with Gasteiger partial charge in [-0.05, 0) is 19.4 Å². The topological polar surface area (TPSA) is 78.7 Å². The lowest BCUT2D eigenvalue weighted by Gasteiger charge is -2.10. The molecule has 0 spiro atoms. The fraction of sp³-hybridized carbons (Fsp3) is 0.308. The highest BCUT2D eigenvalue weighted by molar-refractivity contribution is 5.88. The van der Waals surface area contributed by atoms with Gasteiger partial charge in [-0.2, -0.15) is 0 Å². The van der Waals surface area contributed by atoms with Crippen molar-refractivity contribution in [3.8, 4) is 5.75 Å². The normalized spacial score (nSPS) is 9.79. The highest BCUT2D eigenvalue weighted by atomic mass is 16.6. The monoisotopic (exact) mass is 265 g/mol. The molecule has 0 N–H and O–H groups in total. The molecular weight excluding hydrogens is 250 g/mol. The molecule has 0 bridgehead atoms. The summed E-state index contributed by atoms with van der Waals surface area (Å²) in [7, 11) is 0. The smallest absolute Gasteiger partial charge is 0.336 e. The van der Waals surface area contributed by atoms with Gasteiger partial charge in [0.25, 0.3) is 0 Å². The second-order valence-corrected chi connectivity index (χ2v) is 3.79. The van der Waals surface area contributed by atoms with Crippen LogP contribution in [0.25, 0.3) is 0 Å². The van der Waals surface area contributed by atoms with Crippen molar-refractivity contribution in [1.29, 1.82) is 0 Å². The maximum Gasteiger partial charge on any atom is 0.336 e. The molecule has 6 heteroatoms. The average Bonchev–Trinajstić information content (AvgIpc) is 2.36. The molecule has 0 aliphatic rings. The first-order valence-corrected chi connectivity index (χ1v) is 5.69. The van der Waals surface area contributed by atoms with Gasteiger partial charge in [-0.15, -0.1) is 0 Å². The van der Waals surface area contributed by atoms with Crippen LogP contribution in [0.3, 0.4) is 0 Å². The molecule has 0 aromatic heterocycles. The molecule has 0 fully saturated rings. The molecule has 0 aliphatic carbocycles. The van der Waals surface area contributed by atoms with Crippen molar-refractivity contribution < 1.29 is 19.2 Å². The van der Waals surface area contributed by atoms with Gasteiger partial charge in [0.2, 0.25) is 0 Å². The molecule has 6 nitrogen and oxygen atoms in total. The summed E-state index contributed by atoms with van der Waals surface area (Å²) in [4.78, 5) is 21.7. The summed E-state index contributed by atoms with van der Waals surface area (Å²) in [6, 6.07) is 4.60. The molecule has 0 atom stereocenters. The second-order valence-electron chi connectivity index (χ2n) is 3.79. The van der Waals surface area contributed by atoms with Crippen LogP contribution in [-0.4, -0.2) is 24.1 Å². The van der Waals surface area contributed by atoms with Crippen LogP contribution in [0.2, 0.25) is 0 Å². The van der Waals surface area contributed by atoms with Crippen molar-refractivity contribution in [1.82, 2.24) is 0 Å². The van der Waals surface area contributed by atoms with Crippen molar-refractivity contribution in [3.63, 3.8) is 0 Å². The average molecular weight is 265 g/mol. The molecule has 0 aliphatic heterocycles. The molecule has 0 saturated heterocycles. The Labute approximate surface area is 110 Å². The molecule has 0 unspecified atom stereocenters. The van der Waals surface area contributed by atoms with Gasteiger partial charge in [0, 0.05) is 6.07 Å². The van der Waals surface area contributed by atoms with E-state index >= 15 is 0 Å². The zero-order valence-electron chi connectivity index (χ0n) is 10.8. The SMILES string of the molecule is C=C(COc1c(C)cccc1[N+](=O)[O-])C(=O)OCC. The van der Waals surface area contributed by atoms with E-state index in [4.69, 9.17) is 9.47 Å². The van der Waals surface area contributed by atoms with Crippen LogP contribution in [0.1, 0.15) is 12.5 Å². The van der Waals surface area contributed by atoms with Crippen LogP contribution >= 0.6 is 0 Å². The Balaban J connectivity index is 2.80. The number of carbonyl (C=O) groups excluding carboxylic acids is 1. The van der Waals surface area contributed by atoms with Crippen LogP contribution in [0.15, 0.2) is 30.4 Å². The number of hydrogen-bond acceptors (Lipinski definition) is 5. The number of aryl methyl sites for hydroxylation is 1. The van der Waals surface area contributed by atoms with E-state index in [0.717, 1.165) is 0 Å². The number of ether oxygens (including phenoxy) is 2. The van der Waals surface area contributed by atoms with Gasteiger partial charge in [0.05, 0.1) is 17.1 Å². The Hall–Kier alpha value is -2.37. The van der Waals surface area contributed by atoms with Crippen LogP contribution < -0.4 is 4.74 Å². The lowest BCUT2D eigenvalue weighted by atomic mass is 10.2. The highest BCUT2D eigenvalue weighted by Crippen LogP contribution is 2.30. The van der Waals surface area contributed by atoms with Gasteiger partial charge >= 0.3 is 11.7 Å². The predicted molar refractivity (Wildman–Crippen MR) is 69.1 cm³/mol. The minimum Gasteiger partial charge on any atom is -0.481 e. The van der Waals surface area contributed by atoms with E-state index in [1.54, 1.807) is 26.0 Å². The van der Waals surface area contributed by atoms with E-state index < -0.39 is 10.9 Å². The van der Waals surface area contributed by atoms with E-state index in [1.807, 2.05) is 0 Å². The number of esters is 1. The standard InChI is InChI=1S/C13H15NO5/c1-4-18-13(15)10(3)8-19-12-9(2)6-5-7-11(12)14(16)17/h5-7H,3-4,8H2,1-2H3. The van der Waals surface area contributed by atoms with Crippen molar-refractivity contribution in [2.75, 3.05) is 13.2 Å². The molecule has 1 rings (SSSR count). The molecule has 0 amide bonds. The van der Waals surface area contributed by atoms with Gasteiger partial charge in [-0.1, -0.05) is 18.7 Å². The van der Waals surface area contributed by atoms with Crippen LogP contribution in [0, 0.1) is 17.0 Å². The summed E-state index contributed by atoms with van der Waals surface area (Å²) in [6.07, 6.45) is 0. The quantitative estimate of drug-likeness (QED) is 0.341. The van der Waals surface area contributed by atoms with Gasteiger partial charge in [0.1, 0.15) is 6.61 Å². The van der Waals surface area contributed by atoms with Crippen LogP contribution in [0.4, 0.5) is 5.69 Å². The van der Waals surface area contributed by atoms with Crippen LogP contribution in [-0.2, 0) is 9.53 Å². The van der Waals surface area contributed by atoms with Crippen molar-refractivity contribution >= 4 is 11.7 Å². The zero-order valence-corrected chi connectivity index (χ0v) is 10.8. The minimum atomic E-state index is -0.571. The summed E-state index contributed by atoms with van der Waals surface area (Å²) in [6.45, 7) is 6.98. The molecule has 0 saturated carbocycles. The number of benzene rings is 1. The zero-order chi connectivity index (χ0) is 14.4. The summed E-state index contributed by atoms with van der Waals surface area (Å²) >= 11 is 0. The van der Waals surface area contributed by atoms with Crippen LogP contribution in [0.5, 0.6) is 5.75 Å². The fourth-order valence-electron chi connectivity index (χ4n) is 1.42. The van der Waals surface area contributed by atoms with Crippen molar-refractivity contribution in [2.24, 2.45) is 0 Å². The molecule has 0 heterocycles. The number of nitro benzene ring substituents is 1. The maximum atomic E-state index is 11.3. The number of nitrogens with zero attached hydrogens (tertiary/aromatic N) is 1. The third-order valence-corrected chi connectivity index (χ3v) is 2.34. The van der Waals surface area contributed by atoms with Gasteiger partial charge < -0.3 is 9.47 Å². The molecule has 19 heavy (non-hydrogen) atoms. The first-order chi connectivity index (χ1) is 8.97. The Bertz CT molecular complexity index is 510. The Morgan fingerprint density at radius 2 is 2.16 bits per heavy atom. The number of rotatable bonds is 6. The maximum absolute atomic E-state index is 11.3. The first-order valence-electron chi connectivity index (χ1n) is 5.69. The molecular formula is C13H15NO5. The van der Waals surface area contributed by atoms with E-state index in [0.29, 0.717) is 5.56 Å². The third-order valence-electron chi connectivity index (χ3n) is 2.34. The molecule has 102 valence electrons. The number of para-hydroxylation sites is 1. The second kappa shape index (κ2) is 6.53. The number of carbonyl (C=O) groups is 1. The molecule has 1 aromatic carbocycles. The lowest BCUT2D eigenvalue weighted by molar-refractivity contribution is -0.385. The summed E-state index contributed by atoms with van der Waals surface area (Å²) in [5.74, 6) is -0.434. The first kappa shape index (κ1) is 14.7. The largest absolute Gasteiger partial charge is 0.481 e. The minimum absolute atomic E-state index is 0.111. The number of hydrogen-bond donors (Lipinski definition) is 0.